The van der Waals surface area contributed by atoms with Crippen LogP contribution in [0.3, 0.4) is 0 Å². The highest BCUT2D eigenvalue weighted by atomic mass is 19.1. The molecule has 2 rings (SSSR count). The minimum atomic E-state index is -0.285. The number of hydrogen-bond acceptors (Lipinski definition) is 3. The molecule has 0 fully saturated rings. The number of imidazole rings is 1. The smallest absolute Gasteiger partial charge is 0.128 e. The number of nitrogens with zero attached hydrogens (tertiary/aromatic N) is 2. The highest BCUT2D eigenvalue weighted by molar-refractivity contribution is 5.26. The van der Waals surface area contributed by atoms with Crippen molar-refractivity contribution >= 4 is 0 Å². The molecule has 5 heteroatoms. The molecule has 3 N–H and O–H groups in total. The molecule has 0 spiro atoms. The standard InChI is InChI=1S/C13H17FN4/c1-9-3-4-10(11(14)7-9)12(17-15)8-13-16-5-6-18(13)2/h3-7,12,17H,8,15H2,1-2H3. The zero-order valence-corrected chi connectivity index (χ0v) is 10.5. The van der Waals surface area contributed by atoms with Crippen molar-refractivity contribution in [1.29, 1.82) is 0 Å². The minimum Gasteiger partial charge on any atom is -0.338 e. The predicted octanol–water partition coefficient (Wildman–Crippen LogP) is 1.61. The van der Waals surface area contributed by atoms with Gasteiger partial charge in [0.1, 0.15) is 11.6 Å². The van der Waals surface area contributed by atoms with Crippen molar-refractivity contribution < 1.29 is 4.39 Å². The second-order valence-corrected chi connectivity index (χ2v) is 4.40. The molecule has 0 bridgehead atoms. The van der Waals surface area contributed by atoms with E-state index in [1.165, 1.54) is 6.07 Å². The fourth-order valence-electron chi connectivity index (χ4n) is 1.95. The van der Waals surface area contributed by atoms with Gasteiger partial charge in [0.15, 0.2) is 0 Å². The summed E-state index contributed by atoms with van der Waals surface area (Å²) >= 11 is 0. The molecule has 0 saturated carbocycles. The van der Waals surface area contributed by atoms with Gasteiger partial charge in [-0.25, -0.2) is 9.37 Å². The number of halogens is 1. The van der Waals surface area contributed by atoms with E-state index in [0.29, 0.717) is 12.0 Å². The maximum absolute atomic E-state index is 13.9. The first-order valence-corrected chi connectivity index (χ1v) is 5.80. The van der Waals surface area contributed by atoms with Gasteiger partial charge in [0, 0.05) is 31.4 Å². The molecule has 0 aliphatic rings. The first-order chi connectivity index (χ1) is 8.61. The third kappa shape index (κ3) is 2.57. The van der Waals surface area contributed by atoms with Gasteiger partial charge < -0.3 is 4.57 Å². The monoisotopic (exact) mass is 248 g/mol. The molecular formula is C13H17FN4. The molecule has 1 aromatic heterocycles. The Bertz CT molecular complexity index is 536. The molecule has 4 nitrogen and oxygen atoms in total. The van der Waals surface area contributed by atoms with Gasteiger partial charge in [-0.15, -0.1) is 0 Å². The average Bonchev–Trinajstić information content (AvgIpc) is 2.73. The lowest BCUT2D eigenvalue weighted by atomic mass is 10.0. The molecule has 18 heavy (non-hydrogen) atoms. The van der Waals surface area contributed by atoms with Gasteiger partial charge in [0.05, 0.1) is 6.04 Å². The quantitative estimate of drug-likeness (QED) is 0.638. The number of hydrogen-bond donors (Lipinski definition) is 2. The average molecular weight is 248 g/mol. The van der Waals surface area contributed by atoms with Crippen LogP contribution in [0.4, 0.5) is 4.39 Å². The van der Waals surface area contributed by atoms with Crippen LogP contribution >= 0.6 is 0 Å². The second kappa shape index (κ2) is 5.29. The van der Waals surface area contributed by atoms with Crippen LogP contribution in [0.1, 0.15) is 23.0 Å². The maximum Gasteiger partial charge on any atom is 0.128 e. The zero-order chi connectivity index (χ0) is 13.1. The molecule has 1 atom stereocenters. The van der Waals surface area contributed by atoms with Gasteiger partial charge in [0.25, 0.3) is 0 Å². The van der Waals surface area contributed by atoms with Gasteiger partial charge >= 0.3 is 0 Å². The lowest BCUT2D eigenvalue weighted by Crippen LogP contribution is -2.31. The lowest BCUT2D eigenvalue weighted by Gasteiger charge is -2.17. The SMILES string of the molecule is Cc1ccc(C(Cc2nccn2C)NN)c(F)c1. The summed E-state index contributed by atoms with van der Waals surface area (Å²) in [7, 11) is 1.90. The molecule has 1 unspecified atom stereocenters. The molecule has 1 aromatic carbocycles. The summed E-state index contributed by atoms with van der Waals surface area (Å²) in [5.74, 6) is 6.14. The van der Waals surface area contributed by atoms with Gasteiger partial charge in [0.2, 0.25) is 0 Å². The Labute approximate surface area is 106 Å². The van der Waals surface area contributed by atoms with E-state index in [9.17, 15) is 4.39 Å². The van der Waals surface area contributed by atoms with E-state index in [1.807, 2.05) is 30.8 Å². The summed E-state index contributed by atoms with van der Waals surface area (Å²) in [5.41, 5.74) is 4.10. The number of rotatable bonds is 4. The number of benzene rings is 1. The topological polar surface area (TPSA) is 55.9 Å². The van der Waals surface area contributed by atoms with Gasteiger partial charge in [-0.1, -0.05) is 12.1 Å². The van der Waals surface area contributed by atoms with Crippen LogP contribution < -0.4 is 11.3 Å². The Hall–Kier alpha value is -1.72. The molecule has 2 aromatic rings. The largest absolute Gasteiger partial charge is 0.338 e. The summed E-state index contributed by atoms with van der Waals surface area (Å²) < 4.78 is 15.8. The molecule has 0 radical (unpaired) electrons. The Balaban J connectivity index is 2.26. The maximum atomic E-state index is 13.9. The summed E-state index contributed by atoms with van der Waals surface area (Å²) in [5, 5.41) is 0. The van der Waals surface area contributed by atoms with Crippen molar-refractivity contribution in [2.75, 3.05) is 0 Å². The van der Waals surface area contributed by atoms with Crippen molar-refractivity contribution in [3.05, 3.63) is 53.4 Å². The normalized spacial score (nSPS) is 12.7. The molecule has 0 aliphatic heterocycles. The fraction of sp³-hybridized carbons (Fsp3) is 0.308. The molecule has 0 saturated heterocycles. The number of aryl methyl sites for hydroxylation is 2. The predicted molar refractivity (Wildman–Crippen MR) is 68.1 cm³/mol. The summed E-state index contributed by atoms with van der Waals surface area (Å²) in [6.07, 6.45) is 4.11. The summed E-state index contributed by atoms with van der Waals surface area (Å²) in [6.45, 7) is 1.86. The number of nitrogens with two attached hydrogens (primary N) is 1. The Morgan fingerprint density at radius 1 is 1.50 bits per heavy atom. The molecule has 1 heterocycles. The van der Waals surface area contributed by atoms with Gasteiger partial charge in [-0.2, -0.15) is 0 Å². The Kier molecular flexibility index (Phi) is 3.74. The van der Waals surface area contributed by atoms with Gasteiger partial charge in [-0.05, 0) is 18.6 Å². The molecular weight excluding hydrogens is 231 g/mol. The van der Waals surface area contributed by atoms with E-state index in [1.54, 1.807) is 12.3 Å². The highest BCUT2D eigenvalue weighted by Crippen LogP contribution is 2.20. The van der Waals surface area contributed by atoms with Crippen molar-refractivity contribution in [2.24, 2.45) is 12.9 Å². The van der Waals surface area contributed by atoms with E-state index >= 15 is 0 Å². The third-order valence-corrected chi connectivity index (χ3v) is 3.04. The van der Waals surface area contributed by atoms with Crippen LogP contribution in [0.15, 0.2) is 30.6 Å². The van der Waals surface area contributed by atoms with Crippen LogP contribution in [-0.4, -0.2) is 9.55 Å². The fourth-order valence-corrected chi connectivity index (χ4v) is 1.95. The molecule has 96 valence electrons. The highest BCUT2D eigenvalue weighted by Gasteiger charge is 2.16. The van der Waals surface area contributed by atoms with Gasteiger partial charge in [-0.3, -0.25) is 11.3 Å². The van der Waals surface area contributed by atoms with E-state index in [2.05, 4.69) is 10.4 Å². The second-order valence-electron chi connectivity index (χ2n) is 4.40. The minimum absolute atomic E-state index is 0.243. The van der Waals surface area contributed by atoms with Crippen molar-refractivity contribution in [3.63, 3.8) is 0 Å². The van der Waals surface area contributed by atoms with E-state index in [0.717, 1.165) is 11.4 Å². The van der Waals surface area contributed by atoms with Crippen LogP contribution in [0.25, 0.3) is 0 Å². The van der Waals surface area contributed by atoms with E-state index in [-0.39, 0.29) is 11.9 Å². The van der Waals surface area contributed by atoms with Crippen molar-refractivity contribution in [3.8, 4) is 0 Å². The summed E-state index contributed by atoms with van der Waals surface area (Å²) in [6, 6.07) is 4.86. The van der Waals surface area contributed by atoms with Crippen LogP contribution in [0.5, 0.6) is 0 Å². The van der Waals surface area contributed by atoms with Crippen LogP contribution in [0.2, 0.25) is 0 Å². The van der Waals surface area contributed by atoms with E-state index in [4.69, 9.17) is 5.84 Å². The summed E-state index contributed by atoms with van der Waals surface area (Å²) in [4.78, 5) is 4.22. The number of nitrogens with one attached hydrogen (secondary N) is 1. The lowest BCUT2D eigenvalue weighted by molar-refractivity contribution is 0.496. The van der Waals surface area contributed by atoms with Crippen molar-refractivity contribution in [2.45, 2.75) is 19.4 Å². The first kappa shape index (κ1) is 12.7. The van der Waals surface area contributed by atoms with Crippen LogP contribution in [0, 0.1) is 12.7 Å². The van der Waals surface area contributed by atoms with Crippen LogP contribution in [-0.2, 0) is 13.5 Å². The number of hydrazine groups is 1. The third-order valence-electron chi connectivity index (χ3n) is 3.04. The Morgan fingerprint density at radius 2 is 2.28 bits per heavy atom. The first-order valence-electron chi connectivity index (χ1n) is 5.80. The molecule has 0 aliphatic carbocycles. The number of aromatic nitrogens is 2. The molecule has 0 amide bonds. The Morgan fingerprint density at radius 3 is 2.83 bits per heavy atom. The van der Waals surface area contributed by atoms with Crippen molar-refractivity contribution in [1.82, 2.24) is 15.0 Å². The van der Waals surface area contributed by atoms with E-state index < -0.39 is 0 Å². The zero-order valence-electron chi connectivity index (χ0n) is 10.5.